The summed E-state index contributed by atoms with van der Waals surface area (Å²) in [6, 6.07) is 12.3. The molecule has 0 unspecified atom stereocenters. The standard InChI is InChI=1S/C26H34N2O3S/c1-2-3-4-5-7-20-10-12-22(13-11-20)28-21(14-17-25(28)29)8-6-9-23-15-16-24(32-23)26(30)31-19-18-27/h6,8,10-13,15-16,21H,2-5,7,9,14,17-19,27H2,1H3/b8-6-/t21-/m0/s1. The number of esters is 1. The van der Waals surface area contributed by atoms with E-state index in [4.69, 9.17) is 10.5 Å². The average Bonchev–Trinajstić information content (AvgIpc) is 3.42. The zero-order valence-electron chi connectivity index (χ0n) is 18.9. The van der Waals surface area contributed by atoms with Crippen molar-refractivity contribution < 1.29 is 14.3 Å². The number of hydrogen-bond acceptors (Lipinski definition) is 5. The first kappa shape index (κ1) is 24.2. The van der Waals surface area contributed by atoms with Crippen molar-refractivity contribution in [2.75, 3.05) is 18.1 Å². The van der Waals surface area contributed by atoms with E-state index in [-0.39, 0.29) is 24.5 Å². The molecule has 0 radical (unpaired) electrons. The third-order valence-electron chi connectivity index (χ3n) is 5.68. The normalized spacial score (nSPS) is 16.2. The quantitative estimate of drug-likeness (QED) is 0.269. The van der Waals surface area contributed by atoms with Crippen LogP contribution in [0, 0.1) is 0 Å². The fraction of sp³-hybridized carbons (Fsp3) is 0.462. The molecule has 0 bridgehead atoms. The van der Waals surface area contributed by atoms with Gasteiger partial charge in [-0.2, -0.15) is 0 Å². The van der Waals surface area contributed by atoms with E-state index in [2.05, 4.69) is 43.3 Å². The minimum atomic E-state index is -0.322. The van der Waals surface area contributed by atoms with Crippen LogP contribution >= 0.6 is 11.3 Å². The van der Waals surface area contributed by atoms with Gasteiger partial charge < -0.3 is 15.4 Å². The number of benzene rings is 1. The Morgan fingerprint density at radius 2 is 2.00 bits per heavy atom. The molecule has 0 saturated carbocycles. The van der Waals surface area contributed by atoms with Gasteiger partial charge >= 0.3 is 5.97 Å². The molecule has 1 aliphatic heterocycles. The first-order valence-electron chi connectivity index (χ1n) is 11.7. The summed E-state index contributed by atoms with van der Waals surface area (Å²) >= 11 is 1.44. The van der Waals surface area contributed by atoms with Crippen LogP contribution in [0.15, 0.2) is 48.6 Å². The second-order valence-corrected chi connectivity index (χ2v) is 9.34. The Morgan fingerprint density at radius 3 is 2.75 bits per heavy atom. The van der Waals surface area contributed by atoms with E-state index < -0.39 is 0 Å². The molecule has 0 aliphatic carbocycles. The zero-order valence-corrected chi connectivity index (χ0v) is 19.7. The smallest absolute Gasteiger partial charge is 0.348 e. The highest BCUT2D eigenvalue weighted by molar-refractivity contribution is 7.13. The number of thiophene rings is 1. The Hall–Kier alpha value is -2.44. The van der Waals surface area contributed by atoms with Crippen LogP contribution in [-0.2, 0) is 22.4 Å². The van der Waals surface area contributed by atoms with Gasteiger partial charge in [-0.3, -0.25) is 4.79 Å². The predicted octanol–water partition coefficient (Wildman–Crippen LogP) is 5.28. The van der Waals surface area contributed by atoms with Gasteiger partial charge in [0.1, 0.15) is 11.5 Å². The number of ether oxygens (including phenoxy) is 1. The lowest BCUT2D eigenvalue weighted by atomic mass is 10.1. The molecule has 32 heavy (non-hydrogen) atoms. The molecular formula is C26H34N2O3S. The summed E-state index contributed by atoms with van der Waals surface area (Å²) in [5.41, 5.74) is 7.68. The van der Waals surface area contributed by atoms with Gasteiger partial charge in [0.25, 0.3) is 0 Å². The van der Waals surface area contributed by atoms with Crippen molar-refractivity contribution in [2.45, 2.75) is 64.3 Å². The van der Waals surface area contributed by atoms with Crippen molar-refractivity contribution in [1.82, 2.24) is 0 Å². The lowest BCUT2D eigenvalue weighted by Gasteiger charge is -2.23. The number of unbranched alkanes of at least 4 members (excludes halogenated alkanes) is 3. The number of aryl methyl sites for hydroxylation is 1. The molecule has 0 spiro atoms. The maximum atomic E-state index is 12.5. The summed E-state index contributed by atoms with van der Waals surface area (Å²) in [4.78, 5) is 28.1. The Labute approximate surface area is 195 Å². The number of anilines is 1. The van der Waals surface area contributed by atoms with Crippen LogP contribution < -0.4 is 10.6 Å². The SMILES string of the molecule is CCCCCCc1ccc(N2C(=O)CC[C@@H]2/C=C\Cc2ccc(C(=O)OCCN)s2)cc1. The second-order valence-electron chi connectivity index (χ2n) is 8.17. The molecule has 1 aliphatic rings. The molecule has 2 N–H and O–H groups in total. The summed E-state index contributed by atoms with van der Waals surface area (Å²) in [6.45, 7) is 2.79. The molecule has 5 nitrogen and oxygen atoms in total. The summed E-state index contributed by atoms with van der Waals surface area (Å²) < 4.78 is 5.08. The number of nitrogens with zero attached hydrogens (tertiary/aromatic N) is 1. The van der Waals surface area contributed by atoms with Crippen molar-refractivity contribution in [1.29, 1.82) is 0 Å². The van der Waals surface area contributed by atoms with Crippen LogP contribution in [0.3, 0.4) is 0 Å². The van der Waals surface area contributed by atoms with E-state index >= 15 is 0 Å². The van der Waals surface area contributed by atoms with Gasteiger partial charge in [0, 0.05) is 23.5 Å². The molecule has 1 saturated heterocycles. The largest absolute Gasteiger partial charge is 0.460 e. The van der Waals surface area contributed by atoms with Crippen molar-refractivity contribution in [3.05, 3.63) is 63.9 Å². The Kier molecular flexibility index (Phi) is 9.50. The minimum Gasteiger partial charge on any atom is -0.460 e. The fourth-order valence-corrected chi connectivity index (χ4v) is 4.84. The predicted molar refractivity (Wildman–Crippen MR) is 131 cm³/mol. The molecule has 1 aromatic carbocycles. The van der Waals surface area contributed by atoms with Gasteiger partial charge in [0.15, 0.2) is 0 Å². The molecule has 1 amide bonds. The molecule has 1 aromatic heterocycles. The van der Waals surface area contributed by atoms with E-state index in [1.165, 1.54) is 42.6 Å². The average molecular weight is 455 g/mol. The summed E-state index contributed by atoms with van der Waals surface area (Å²) in [5.74, 6) is -0.145. The maximum absolute atomic E-state index is 12.5. The molecule has 2 aromatic rings. The first-order chi connectivity index (χ1) is 15.6. The monoisotopic (exact) mass is 454 g/mol. The van der Waals surface area contributed by atoms with Gasteiger partial charge in [0.05, 0.1) is 6.04 Å². The number of carbonyl (C=O) groups is 2. The van der Waals surface area contributed by atoms with E-state index in [9.17, 15) is 9.59 Å². The number of hydrogen-bond donors (Lipinski definition) is 1. The molecule has 6 heteroatoms. The van der Waals surface area contributed by atoms with Crippen LogP contribution in [0.2, 0.25) is 0 Å². The number of allylic oxidation sites excluding steroid dienone is 1. The second kappa shape index (κ2) is 12.6. The molecule has 2 heterocycles. The fourth-order valence-electron chi connectivity index (χ4n) is 3.96. The number of amides is 1. The molecule has 172 valence electrons. The van der Waals surface area contributed by atoms with Gasteiger partial charge in [-0.15, -0.1) is 11.3 Å². The van der Waals surface area contributed by atoms with E-state index in [1.807, 2.05) is 11.0 Å². The van der Waals surface area contributed by atoms with Gasteiger partial charge in [-0.1, -0.05) is 50.5 Å². The van der Waals surface area contributed by atoms with Gasteiger partial charge in [-0.05, 0) is 55.5 Å². The zero-order chi connectivity index (χ0) is 22.8. The van der Waals surface area contributed by atoms with Crippen molar-refractivity contribution in [3.63, 3.8) is 0 Å². The first-order valence-corrected chi connectivity index (χ1v) is 12.5. The molecular weight excluding hydrogens is 420 g/mol. The molecule has 3 rings (SSSR count). The molecule has 1 fully saturated rings. The lowest BCUT2D eigenvalue weighted by molar-refractivity contribution is -0.117. The lowest BCUT2D eigenvalue weighted by Crippen LogP contribution is -2.31. The summed E-state index contributed by atoms with van der Waals surface area (Å²) in [6.07, 6.45) is 12.5. The van der Waals surface area contributed by atoms with Crippen molar-refractivity contribution >= 4 is 28.9 Å². The van der Waals surface area contributed by atoms with Crippen molar-refractivity contribution in [3.8, 4) is 0 Å². The van der Waals surface area contributed by atoms with Crippen molar-refractivity contribution in [2.24, 2.45) is 5.73 Å². The number of carbonyl (C=O) groups excluding carboxylic acids is 2. The van der Waals surface area contributed by atoms with E-state index in [0.717, 1.165) is 29.8 Å². The highest BCUT2D eigenvalue weighted by Gasteiger charge is 2.30. The third kappa shape index (κ3) is 6.78. The Bertz CT molecular complexity index is 904. The Balaban J connectivity index is 1.56. The highest BCUT2D eigenvalue weighted by Crippen LogP contribution is 2.28. The maximum Gasteiger partial charge on any atom is 0.348 e. The van der Waals surface area contributed by atoms with Gasteiger partial charge in [0.2, 0.25) is 5.91 Å². The van der Waals surface area contributed by atoms with Crippen LogP contribution in [0.4, 0.5) is 5.69 Å². The Morgan fingerprint density at radius 1 is 1.19 bits per heavy atom. The summed E-state index contributed by atoms with van der Waals surface area (Å²) in [7, 11) is 0. The third-order valence-corrected chi connectivity index (χ3v) is 6.77. The van der Waals surface area contributed by atoms with Crippen LogP contribution in [0.25, 0.3) is 0 Å². The number of rotatable bonds is 12. The minimum absolute atomic E-state index is 0.0758. The summed E-state index contributed by atoms with van der Waals surface area (Å²) in [5, 5.41) is 0. The van der Waals surface area contributed by atoms with E-state index in [1.54, 1.807) is 6.07 Å². The van der Waals surface area contributed by atoms with E-state index in [0.29, 0.717) is 17.8 Å². The van der Waals surface area contributed by atoms with Gasteiger partial charge in [-0.25, -0.2) is 4.79 Å². The highest BCUT2D eigenvalue weighted by atomic mass is 32.1. The number of nitrogens with two attached hydrogens (primary N) is 1. The van der Waals surface area contributed by atoms with Crippen LogP contribution in [0.5, 0.6) is 0 Å². The molecule has 1 atom stereocenters. The van der Waals surface area contributed by atoms with Crippen LogP contribution in [-0.4, -0.2) is 31.1 Å². The topological polar surface area (TPSA) is 72.6 Å². The van der Waals surface area contributed by atoms with Crippen LogP contribution in [0.1, 0.15) is 65.6 Å².